The van der Waals surface area contributed by atoms with Crippen molar-refractivity contribution in [2.45, 2.75) is 12.8 Å². The van der Waals surface area contributed by atoms with Crippen LogP contribution in [-0.4, -0.2) is 63.3 Å². The Balaban J connectivity index is 1.22. The quantitative estimate of drug-likeness (QED) is 0.440. The Kier molecular flexibility index (Phi) is 9.08. The van der Waals surface area contributed by atoms with Crippen LogP contribution in [0.15, 0.2) is 78.9 Å². The van der Waals surface area contributed by atoms with E-state index in [9.17, 15) is 9.59 Å². The minimum absolute atomic E-state index is 0.105. The summed E-state index contributed by atoms with van der Waals surface area (Å²) in [5.74, 6) is -0.105. The van der Waals surface area contributed by atoms with Gasteiger partial charge >= 0.3 is 6.03 Å². The number of amides is 3. The van der Waals surface area contributed by atoms with Crippen LogP contribution in [0.1, 0.15) is 27.9 Å². The maximum Gasteiger partial charge on any atom is 0.326 e. The second-order valence-corrected chi connectivity index (χ2v) is 8.96. The molecule has 0 radical (unpaired) electrons. The zero-order valence-electron chi connectivity index (χ0n) is 20.8. The van der Waals surface area contributed by atoms with Crippen LogP contribution in [0.5, 0.6) is 0 Å². The summed E-state index contributed by atoms with van der Waals surface area (Å²) in [4.78, 5) is 29.1. The number of hydrogen-bond donors (Lipinski definition) is 2. The fourth-order valence-corrected chi connectivity index (χ4v) is 4.13. The van der Waals surface area contributed by atoms with E-state index in [0.717, 1.165) is 51.4 Å². The Hall–Kier alpha value is -3.68. The number of carbonyl (C=O) groups is 2. The minimum Gasteiger partial charge on any atom is -0.379 e. The van der Waals surface area contributed by atoms with E-state index in [-0.39, 0.29) is 11.9 Å². The van der Waals surface area contributed by atoms with E-state index in [0.29, 0.717) is 17.8 Å². The average molecular weight is 487 g/mol. The van der Waals surface area contributed by atoms with Gasteiger partial charge in [0.15, 0.2) is 0 Å². The van der Waals surface area contributed by atoms with Gasteiger partial charge in [-0.2, -0.15) is 0 Å². The van der Waals surface area contributed by atoms with Crippen molar-refractivity contribution in [3.8, 4) is 0 Å². The normalized spacial score (nSPS) is 13.7. The lowest BCUT2D eigenvalue weighted by molar-refractivity contribution is 0.0374. The van der Waals surface area contributed by atoms with E-state index in [1.807, 2.05) is 42.5 Å². The van der Waals surface area contributed by atoms with Gasteiger partial charge in [-0.1, -0.05) is 42.5 Å². The van der Waals surface area contributed by atoms with E-state index in [1.165, 1.54) is 16.0 Å². The van der Waals surface area contributed by atoms with Gasteiger partial charge < -0.3 is 15.4 Å². The summed E-state index contributed by atoms with van der Waals surface area (Å²) in [5.41, 5.74) is 4.45. The number of morpholine rings is 1. The summed E-state index contributed by atoms with van der Waals surface area (Å²) in [5, 5.41) is 5.90. The van der Waals surface area contributed by atoms with Crippen LogP contribution < -0.4 is 15.5 Å². The third-order valence-corrected chi connectivity index (χ3v) is 6.32. The highest BCUT2D eigenvalue weighted by Gasteiger charge is 2.13. The average Bonchev–Trinajstić information content (AvgIpc) is 2.93. The molecule has 1 fully saturated rings. The summed E-state index contributed by atoms with van der Waals surface area (Å²) in [7, 11) is 1.71. The molecule has 1 heterocycles. The Labute approximate surface area is 213 Å². The maximum atomic E-state index is 12.7. The van der Waals surface area contributed by atoms with Crippen LogP contribution in [0, 0.1) is 0 Å². The molecule has 0 aliphatic carbocycles. The highest BCUT2D eigenvalue weighted by Crippen LogP contribution is 2.17. The summed E-state index contributed by atoms with van der Waals surface area (Å²) in [6.07, 6.45) is 1.75. The highest BCUT2D eigenvalue weighted by molar-refractivity contribution is 6.02. The van der Waals surface area contributed by atoms with Gasteiger partial charge in [-0.3, -0.25) is 14.6 Å². The molecule has 0 bridgehead atoms. The van der Waals surface area contributed by atoms with Crippen LogP contribution in [0.2, 0.25) is 0 Å². The molecule has 0 atom stereocenters. The Morgan fingerprint density at radius 1 is 0.889 bits per heavy atom. The largest absolute Gasteiger partial charge is 0.379 e. The first-order valence-electron chi connectivity index (χ1n) is 12.4. The molecule has 3 amide bonds. The molecule has 36 heavy (non-hydrogen) atoms. The fourth-order valence-electron chi connectivity index (χ4n) is 4.13. The topological polar surface area (TPSA) is 73.9 Å². The molecule has 0 saturated carbocycles. The van der Waals surface area contributed by atoms with Crippen molar-refractivity contribution in [3.63, 3.8) is 0 Å². The van der Waals surface area contributed by atoms with Gasteiger partial charge in [0.1, 0.15) is 0 Å². The Bertz CT molecular complexity index is 1110. The van der Waals surface area contributed by atoms with Gasteiger partial charge in [-0.05, 0) is 66.9 Å². The molecule has 3 aromatic rings. The van der Waals surface area contributed by atoms with Crippen LogP contribution in [0.25, 0.3) is 0 Å². The second-order valence-electron chi connectivity index (χ2n) is 8.96. The SMILES string of the molecule is CN(C(=O)Nc1ccc(Cc2ccccc2)cc1)c1ccc(C(=O)NCCCN2CCOCC2)cc1. The minimum atomic E-state index is -0.244. The molecule has 7 heteroatoms. The Morgan fingerprint density at radius 2 is 1.56 bits per heavy atom. The van der Waals surface area contributed by atoms with E-state index < -0.39 is 0 Å². The number of rotatable bonds is 9. The van der Waals surface area contributed by atoms with Crippen LogP contribution in [0.4, 0.5) is 16.2 Å². The fraction of sp³-hybridized carbons (Fsp3) is 0.310. The lowest BCUT2D eigenvalue weighted by Crippen LogP contribution is -2.38. The van der Waals surface area contributed by atoms with Crippen molar-refractivity contribution in [1.29, 1.82) is 0 Å². The predicted octanol–water partition coefficient (Wildman–Crippen LogP) is 4.40. The first-order chi connectivity index (χ1) is 17.6. The monoisotopic (exact) mass is 486 g/mol. The molecule has 4 rings (SSSR count). The number of nitrogens with zero attached hydrogens (tertiary/aromatic N) is 2. The molecule has 188 valence electrons. The van der Waals surface area contributed by atoms with Crippen molar-refractivity contribution < 1.29 is 14.3 Å². The molecule has 1 saturated heterocycles. The van der Waals surface area contributed by atoms with Crippen molar-refractivity contribution in [1.82, 2.24) is 10.2 Å². The van der Waals surface area contributed by atoms with Crippen molar-refractivity contribution in [2.24, 2.45) is 0 Å². The number of ether oxygens (including phenoxy) is 1. The number of hydrogen-bond acceptors (Lipinski definition) is 4. The van der Waals surface area contributed by atoms with Crippen LogP contribution >= 0.6 is 0 Å². The van der Waals surface area contributed by atoms with Crippen LogP contribution in [-0.2, 0) is 11.2 Å². The van der Waals surface area contributed by atoms with Gasteiger partial charge in [0.2, 0.25) is 0 Å². The molecule has 0 spiro atoms. The smallest absolute Gasteiger partial charge is 0.326 e. The number of carbonyl (C=O) groups excluding carboxylic acids is 2. The molecule has 2 N–H and O–H groups in total. The lowest BCUT2D eigenvalue weighted by Gasteiger charge is -2.26. The van der Waals surface area contributed by atoms with Gasteiger partial charge in [0.05, 0.1) is 13.2 Å². The first-order valence-corrected chi connectivity index (χ1v) is 12.4. The Morgan fingerprint density at radius 3 is 2.25 bits per heavy atom. The number of nitrogens with one attached hydrogen (secondary N) is 2. The van der Waals surface area contributed by atoms with E-state index in [2.05, 4.69) is 27.7 Å². The van der Waals surface area contributed by atoms with Crippen molar-refractivity contribution >= 4 is 23.3 Å². The molecule has 1 aliphatic rings. The molecule has 0 aromatic heterocycles. The number of benzene rings is 3. The van der Waals surface area contributed by atoms with Gasteiger partial charge in [-0.25, -0.2) is 4.79 Å². The summed E-state index contributed by atoms with van der Waals surface area (Å²) in [6.45, 7) is 5.06. The molecule has 3 aromatic carbocycles. The third kappa shape index (κ3) is 7.41. The summed E-state index contributed by atoms with van der Waals surface area (Å²) >= 11 is 0. The van der Waals surface area contributed by atoms with Gasteiger partial charge in [0, 0.05) is 43.6 Å². The highest BCUT2D eigenvalue weighted by atomic mass is 16.5. The number of urea groups is 1. The van der Waals surface area contributed by atoms with E-state index in [1.54, 1.807) is 31.3 Å². The third-order valence-electron chi connectivity index (χ3n) is 6.32. The molecular weight excluding hydrogens is 452 g/mol. The first kappa shape index (κ1) is 25.4. The zero-order chi connectivity index (χ0) is 25.2. The molecule has 7 nitrogen and oxygen atoms in total. The summed E-state index contributed by atoms with van der Waals surface area (Å²) < 4.78 is 5.36. The van der Waals surface area contributed by atoms with E-state index >= 15 is 0 Å². The van der Waals surface area contributed by atoms with Crippen molar-refractivity contribution in [2.75, 3.05) is 56.7 Å². The van der Waals surface area contributed by atoms with E-state index in [4.69, 9.17) is 4.74 Å². The van der Waals surface area contributed by atoms with Gasteiger partial charge in [0.25, 0.3) is 5.91 Å². The van der Waals surface area contributed by atoms with Crippen molar-refractivity contribution in [3.05, 3.63) is 95.6 Å². The standard InChI is InChI=1S/C29H34N4O3/c1-32(29(35)31-26-12-8-24(9-13-26)22-23-6-3-2-4-7-23)27-14-10-25(11-15-27)28(34)30-16-5-17-33-18-20-36-21-19-33/h2-4,6-15H,5,16-22H2,1H3,(H,30,34)(H,31,35). The maximum absolute atomic E-state index is 12.7. The van der Waals surface area contributed by atoms with Gasteiger partial charge in [-0.15, -0.1) is 0 Å². The lowest BCUT2D eigenvalue weighted by atomic mass is 10.0. The van der Waals surface area contributed by atoms with Crippen LogP contribution in [0.3, 0.4) is 0 Å². The molecule has 0 unspecified atom stereocenters. The second kappa shape index (κ2) is 12.9. The number of anilines is 2. The molecular formula is C29H34N4O3. The summed E-state index contributed by atoms with van der Waals surface area (Å²) in [6, 6.07) is 25.0. The molecule has 1 aliphatic heterocycles. The predicted molar refractivity (Wildman–Crippen MR) is 144 cm³/mol. The zero-order valence-corrected chi connectivity index (χ0v) is 20.8.